The maximum atomic E-state index is 12.2. The number of primary amides is 1. The molecule has 3 heterocycles. The fourth-order valence-electron chi connectivity index (χ4n) is 3.63. The molecule has 0 radical (unpaired) electrons. The highest BCUT2D eigenvalue weighted by Gasteiger charge is 2.21. The van der Waals surface area contributed by atoms with Gasteiger partial charge in [-0.05, 0) is 56.6 Å². The van der Waals surface area contributed by atoms with Gasteiger partial charge in [-0.3, -0.25) is 4.79 Å². The van der Waals surface area contributed by atoms with Crippen molar-refractivity contribution >= 4 is 35.2 Å². The number of rotatable bonds is 7. The largest absolute Gasteiger partial charge is 0.489 e. The predicted molar refractivity (Wildman–Crippen MR) is 130 cm³/mol. The SMILES string of the molecule is CC(O)(C#N)COc1ccc(-c2cc(C(N)=O)c3ncnc(N[C@H]4CCCNC4)c3n2)cc1.Cl. The number of aromatic nitrogens is 3. The Balaban J connectivity index is 0.00000324. The van der Waals surface area contributed by atoms with Crippen molar-refractivity contribution in [3.8, 4) is 23.1 Å². The fourth-order valence-corrected chi connectivity index (χ4v) is 3.63. The molecule has 0 aliphatic carbocycles. The van der Waals surface area contributed by atoms with Gasteiger partial charge in [-0.25, -0.2) is 15.0 Å². The van der Waals surface area contributed by atoms with Crippen LogP contribution in [0, 0.1) is 11.3 Å². The second kappa shape index (κ2) is 10.6. The van der Waals surface area contributed by atoms with E-state index in [0.29, 0.717) is 28.3 Å². The van der Waals surface area contributed by atoms with E-state index < -0.39 is 11.5 Å². The first-order valence-corrected chi connectivity index (χ1v) is 10.7. The van der Waals surface area contributed by atoms with Crippen LogP contribution in [0.3, 0.4) is 0 Å². The molecule has 0 spiro atoms. The van der Waals surface area contributed by atoms with Crippen molar-refractivity contribution in [2.24, 2.45) is 5.73 Å². The number of pyridine rings is 1. The maximum Gasteiger partial charge on any atom is 0.251 e. The number of carbonyl (C=O) groups excluding carboxylic acids is 1. The van der Waals surface area contributed by atoms with Gasteiger partial charge in [0.1, 0.15) is 35.8 Å². The van der Waals surface area contributed by atoms with E-state index in [-0.39, 0.29) is 30.6 Å². The molecule has 1 unspecified atom stereocenters. The van der Waals surface area contributed by atoms with Gasteiger partial charge in [0.15, 0.2) is 11.4 Å². The zero-order chi connectivity index (χ0) is 23.4. The number of benzene rings is 1. The molecule has 34 heavy (non-hydrogen) atoms. The predicted octanol–water partition coefficient (Wildman–Crippen LogP) is 2.03. The van der Waals surface area contributed by atoms with Crippen molar-refractivity contribution in [2.45, 2.75) is 31.4 Å². The molecule has 5 N–H and O–H groups in total. The first-order valence-electron chi connectivity index (χ1n) is 10.7. The van der Waals surface area contributed by atoms with Crippen LogP contribution in [0.1, 0.15) is 30.1 Å². The lowest BCUT2D eigenvalue weighted by atomic mass is 10.1. The Kier molecular flexibility index (Phi) is 7.83. The molecule has 11 heteroatoms. The third kappa shape index (κ3) is 5.69. The summed E-state index contributed by atoms with van der Waals surface area (Å²) in [6.07, 6.45) is 3.46. The van der Waals surface area contributed by atoms with Gasteiger partial charge in [0, 0.05) is 18.2 Å². The Labute approximate surface area is 203 Å². The van der Waals surface area contributed by atoms with E-state index >= 15 is 0 Å². The molecule has 1 aliphatic rings. The zero-order valence-corrected chi connectivity index (χ0v) is 19.4. The number of amides is 1. The standard InChI is InChI=1S/C23H25N7O3.ClH/c1-23(32,11-24)12-33-16-6-4-14(5-7-16)18-9-17(21(25)31)19-20(30-18)22(28-13-27-19)29-15-3-2-8-26-10-15;/h4-7,9,13,15,26,32H,2-3,8,10,12H2,1H3,(H2,25,31)(H,27,28,29);1H/t15-,23?;/m0./s1. The lowest BCUT2D eigenvalue weighted by Gasteiger charge is -2.24. The second-order valence-electron chi connectivity index (χ2n) is 8.23. The molecule has 1 amide bonds. The first kappa shape index (κ1) is 25.1. The van der Waals surface area contributed by atoms with Gasteiger partial charge >= 0.3 is 0 Å². The van der Waals surface area contributed by atoms with Gasteiger partial charge in [0.05, 0.1) is 11.3 Å². The van der Waals surface area contributed by atoms with Crippen LogP contribution in [0.15, 0.2) is 36.7 Å². The summed E-state index contributed by atoms with van der Waals surface area (Å²) < 4.78 is 5.49. The molecular formula is C23H26ClN7O3. The van der Waals surface area contributed by atoms with E-state index in [2.05, 4.69) is 20.6 Å². The number of nitriles is 1. The maximum absolute atomic E-state index is 12.2. The molecular weight excluding hydrogens is 458 g/mol. The number of hydrogen-bond acceptors (Lipinski definition) is 9. The topological polar surface area (TPSA) is 159 Å². The number of nitrogens with zero attached hydrogens (tertiary/aromatic N) is 4. The summed E-state index contributed by atoms with van der Waals surface area (Å²) >= 11 is 0. The van der Waals surface area contributed by atoms with Crippen LogP contribution in [0.5, 0.6) is 5.75 Å². The molecule has 3 aromatic rings. The highest BCUT2D eigenvalue weighted by atomic mass is 35.5. The first-order chi connectivity index (χ1) is 15.9. The molecule has 10 nitrogen and oxygen atoms in total. The average molecular weight is 484 g/mol. The number of aliphatic hydroxyl groups is 1. The van der Waals surface area contributed by atoms with E-state index in [1.54, 1.807) is 36.4 Å². The third-order valence-electron chi connectivity index (χ3n) is 5.40. The minimum atomic E-state index is -1.58. The minimum Gasteiger partial charge on any atom is -0.489 e. The van der Waals surface area contributed by atoms with E-state index in [0.717, 1.165) is 31.5 Å². The van der Waals surface area contributed by atoms with Crippen LogP contribution >= 0.6 is 12.4 Å². The fraction of sp³-hybridized carbons (Fsp3) is 0.348. The van der Waals surface area contributed by atoms with Crippen molar-refractivity contribution in [1.29, 1.82) is 5.26 Å². The van der Waals surface area contributed by atoms with Crippen LogP contribution in [-0.2, 0) is 0 Å². The van der Waals surface area contributed by atoms with Gasteiger partial charge in [-0.15, -0.1) is 12.4 Å². The van der Waals surface area contributed by atoms with Crippen molar-refractivity contribution in [3.05, 3.63) is 42.2 Å². The molecule has 1 saturated heterocycles. The smallest absolute Gasteiger partial charge is 0.251 e. The van der Waals surface area contributed by atoms with Crippen LogP contribution in [0.2, 0.25) is 0 Å². The van der Waals surface area contributed by atoms with Gasteiger partial charge in [-0.1, -0.05) is 0 Å². The number of anilines is 1. The summed E-state index contributed by atoms with van der Waals surface area (Å²) in [4.78, 5) is 25.6. The molecule has 0 bridgehead atoms. The summed E-state index contributed by atoms with van der Waals surface area (Å²) in [5.41, 5.74) is 6.46. The van der Waals surface area contributed by atoms with Crippen molar-refractivity contribution in [1.82, 2.24) is 20.3 Å². The van der Waals surface area contributed by atoms with Gasteiger partial charge in [-0.2, -0.15) is 5.26 Å². The molecule has 1 aliphatic heterocycles. The van der Waals surface area contributed by atoms with Crippen molar-refractivity contribution in [2.75, 3.05) is 25.0 Å². The van der Waals surface area contributed by atoms with Crippen LogP contribution in [-0.4, -0.2) is 57.3 Å². The zero-order valence-electron chi connectivity index (χ0n) is 18.6. The molecule has 1 aromatic carbocycles. The molecule has 1 fully saturated rings. The normalized spacial score (nSPS) is 17.1. The van der Waals surface area contributed by atoms with E-state index in [9.17, 15) is 9.90 Å². The third-order valence-corrected chi connectivity index (χ3v) is 5.40. The Hall–Kier alpha value is -3.52. The summed E-state index contributed by atoms with van der Waals surface area (Å²) in [5, 5.41) is 25.5. The quantitative estimate of drug-likeness (QED) is 0.368. The monoisotopic (exact) mass is 483 g/mol. The average Bonchev–Trinajstić information content (AvgIpc) is 2.83. The number of nitrogens with two attached hydrogens (primary N) is 1. The number of fused-ring (bicyclic) bond motifs is 1. The van der Waals surface area contributed by atoms with Crippen molar-refractivity contribution in [3.63, 3.8) is 0 Å². The Morgan fingerprint density at radius 2 is 2.12 bits per heavy atom. The van der Waals surface area contributed by atoms with Gasteiger partial charge < -0.3 is 26.2 Å². The lowest BCUT2D eigenvalue weighted by molar-refractivity contribution is 0.0611. The van der Waals surface area contributed by atoms with E-state index in [1.807, 2.05) is 0 Å². The van der Waals surface area contributed by atoms with Crippen LogP contribution in [0.4, 0.5) is 5.82 Å². The van der Waals surface area contributed by atoms with Crippen molar-refractivity contribution < 1.29 is 14.6 Å². The summed E-state index contributed by atoms with van der Waals surface area (Å²) in [7, 11) is 0. The number of carbonyl (C=O) groups is 1. The lowest BCUT2D eigenvalue weighted by Crippen LogP contribution is -2.38. The van der Waals surface area contributed by atoms with E-state index in [4.69, 9.17) is 20.7 Å². The summed E-state index contributed by atoms with van der Waals surface area (Å²) in [5.74, 6) is 0.434. The molecule has 178 valence electrons. The number of ether oxygens (including phenoxy) is 1. The minimum absolute atomic E-state index is 0. The Morgan fingerprint density at radius 1 is 1.35 bits per heavy atom. The number of nitrogens with one attached hydrogen (secondary N) is 2. The summed E-state index contributed by atoms with van der Waals surface area (Å²) in [6.45, 7) is 3.02. The summed E-state index contributed by atoms with van der Waals surface area (Å²) in [6, 6.07) is 10.5. The number of halogens is 1. The van der Waals surface area contributed by atoms with Crippen LogP contribution < -0.4 is 21.1 Å². The Bertz CT molecular complexity index is 1210. The van der Waals surface area contributed by atoms with Crippen LogP contribution in [0.25, 0.3) is 22.3 Å². The number of hydrogen-bond donors (Lipinski definition) is 4. The van der Waals surface area contributed by atoms with Gasteiger partial charge in [0.25, 0.3) is 5.91 Å². The highest BCUT2D eigenvalue weighted by molar-refractivity contribution is 6.06. The second-order valence-corrected chi connectivity index (χ2v) is 8.23. The molecule has 4 rings (SSSR count). The molecule has 0 saturated carbocycles. The van der Waals surface area contributed by atoms with Gasteiger partial charge in [0.2, 0.25) is 0 Å². The Morgan fingerprint density at radius 3 is 2.76 bits per heavy atom. The molecule has 2 atom stereocenters. The van der Waals surface area contributed by atoms with E-state index in [1.165, 1.54) is 13.3 Å². The number of piperidine rings is 1. The molecule has 2 aromatic heterocycles. The highest BCUT2D eigenvalue weighted by Crippen LogP contribution is 2.28.